The third kappa shape index (κ3) is 2.61. The van der Waals surface area contributed by atoms with Crippen LogP contribution in [0.4, 0.5) is 5.69 Å². The Kier molecular flexibility index (Phi) is 3.71. The zero-order valence-corrected chi connectivity index (χ0v) is 14.9. The van der Waals surface area contributed by atoms with Crippen LogP contribution in [-0.2, 0) is 21.2 Å². The van der Waals surface area contributed by atoms with Gasteiger partial charge in [0.2, 0.25) is 10.0 Å². The molecule has 2 aromatic carbocycles. The quantitative estimate of drug-likeness (QED) is 0.620. The van der Waals surface area contributed by atoms with Crippen LogP contribution < -0.4 is 10.5 Å². The molecule has 4 N–H and O–H groups in total. The van der Waals surface area contributed by atoms with Gasteiger partial charge in [0.05, 0.1) is 4.90 Å². The molecule has 3 aromatic rings. The molecule has 26 heavy (non-hydrogen) atoms. The second-order valence-electron chi connectivity index (χ2n) is 6.20. The standard InChI is InChI=1S/C19H17N3O3S/c1-2-11-4-3-5-14-12(10-21-18(11)14)8-16-15-9-13(26(20,24)25)6-7-17(15)22-19(16)23/h3-10,21H,2H2,1H3,(H,22,23)(H2,20,24,25)/b16-8-. The Hall–Kier alpha value is -2.90. The minimum Gasteiger partial charge on any atom is -0.360 e. The molecule has 1 amide bonds. The lowest BCUT2D eigenvalue weighted by molar-refractivity contribution is -0.110. The third-order valence-corrected chi connectivity index (χ3v) is 5.53. The summed E-state index contributed by atoms with van der Waals surface area (Å²) in [5.41, 5.74) is 4.62. The van der Waals surface area contributed by atoms with E-state index in [2.05, 4.69) is 23.3 Å². The number of benzene rings is 2. The van der Waals surface area contributed by atoms with Crippen LogP contribution in [0.2, 0.25) is 0 Å². The number of fused-ring (bicyclic) bond motifs is 2. The highest BCUT2D eigenvalue weighted by atomic mass is 32.2. The lowest BCUT2D eigenvalue weighted by atomic mass is 10.0. The molecular weight excluding hydrogens is 350 g/mol. The Morgan fingerprint density at radius 2 is 2.00 bits per heavy atom. The fourth-order valence-corrected chi connectivity index (χ4v) is 3.84. The topological polar surface area (TPSA) is 105 Å². The number of carbonyl (C=O) groups excluding carboxylic acids is 1. The number of hydrogen-bond acceptors (Lipinski definition) is 3. The molecular formula is C19H17N3O3S. The monoisotopic (exact) mass is 367 g/mol. The number of nitrogens with one attached hydrogen (secondary N) is 2. The van der Waals surface area contributed by atoms with Gasteiger partial charge in [-0.25, -0.2) is 13.6 Å². The molecule has 132 valence electrons. The largest absolute Gasteiger partial charge is 0.360 e. The number of aryl methyl sites for hydroxylation is 1. The maximum atomic E-state index is 12.4. The number of amides is 1. The molecule has 0 unspecified atom stereocenters. The number of rotatable bonds is 3. The van der Waals surface area contributed by atoms with E-state index in [0.29, 0.717) is 16.8 Å². The van der Waals surface area contributed by atoms with E-state index in [1.165, 1.54) is 17.7 Å². The van der Waals surface area contributed by atoms with Gasteiger partial charge < -0.3 is 10.3 Å². The summed E-state index contributed by atoms with van der Waals surface area (Å²) in [6.45, 7) is 2.09. The van der Waals surface area contributed by atoms with Gasteiger partial charge in [-0.1, -0.05) is 25.1 Å². The molecule has 0 saturated heterocycles. The van der Waals surface area contributed by atoms with E-state index in [-0.39, 0.29) is 10.8 Å². The fraction of sp³-hybridized carbons (Fsp3) is 0.105. The van der Waals surface area contributed by atoms with Crippen LogP contribution in [0, 0.1) is 0 Å². The van der Waals surface area contributed by atoms with Crippen molar-refractivity contribution in [2.45, 2.75) is 18.2 Å². The van der Waals surface area contributed by atoms with E-state index < -0.39 is 10.0 Å². The molecule has 0 fully saturated rings. The van der Waals surface area contributed by atoms with Crippen molar-refractivity contribution in [3.05, 3.63) is 59.3 Å². The number of aromatic nitrogens is 1. The van der Waals surface area contributed by atoms with Crippen LogP contribution >= 0.6 is 0 Å². The summed E-state index contributed by atoms with van der Waals surface area (Å²) in [4.78, 5) is 15.6. The Morgan fingerprint density at radius 3 is 2.73 bits per heavy atom. The molecule has 0 atom stereocenters. The third-order valence-electron chi connectivity index (χ3n) is 4.62. The molecule has 0 aliphatic carbocycles. The molecule has 0 radical (unpaired) electrons. The Morgan fingerprint density at radius 1 is 1.19 bits per heavy atom. The van der Waals surface area contributed by atoms with Crippen molar-refractivity contribution in [1.82, 2.24) is 4.98 Å². The van der Waals surface area contributed by atoms with Crippen LogP contribution in [0.5, 0.6) is 0 Å². The number of aromatic amines is 1. The molecule has 4 rings (SSSR count). The number of H-pyrrole nitrogens is 1. The Bertz CT molecular complexity index is 1190. The molecule has 0 spiro atoms. The lowest BCUT2D eigenvalue weighted by Gasteiger charge is -2.03. The second kappa shape index (κ2) is 5.82. The first-order valence-corrected chi connectivity index (χ1v) is 9.72. The highest BCUT2D eigenvalue weighted by Gasteiger charge is 2.26. The van der Waals surface area contributed by atoms with Gasteiger partial charge in [0.25, 0.3) is 5.91 Å². The first kappa shape index (κ1) is 16.6. The van der Waals surface area contributed by atoms with Crippen molar-refractivity contribution >= 4 is 44.2 Å². The average Bonchev–Trinajstić information content (AvgIpc) is 3.15. The van der Waals surface area contributed by atoms with Gasteiger partial charge in [0.15, 0.2) is 0 Å². The maximum absolute atomic E-state index is 12.4. The molecule has 6 nitrogen and oxygen atoms in total. The number of primary sulfonamides is 1. The van der Waals surface area contributed by atoms with Crippen LogP contribution in [0.3, 0.4) is 0 Å². The van der Waals surface area contributed by atoms with Crippen molar-refractivity contribution in [2.75, 3.05) is 5.32 Å². The molecule has 1 aromatic heterocycles. The van der Waals surface area contributed by atoms with Gasteiger partial charge in [0, 0.05) is 39.5 Å². The van der Waals surface area contributed by atoms with E-state index in [1.54, 1.807) is 12.1 Å². The van der Waals surface area contributed by atoms with Gasteiger partial charge in [0.1, 0.15) is 0 Å². The van der Waals surface area contributed by atoms with Gasteiger partial charge in [-0.15, -0.1) is 0 Å². The van der Waals surface area contributed by atoms with Crippen molar-refractivity contribution in [2.24, 2.45) is 5.14 Å². The number of carbonyl (C=O) groups is 1. The number of para-hydroxylation sites is 1. The van der Waals surface area contributed by atoms with Crippen molar-refractivity contribution in [1.29, 1.82) is 0 Å². The summed E-state index contributed by atoms with van der Waals surface area (Å²) in [7, 11) is -3.84. The Labute approximate surface area is 150 Å². The fourth-order valence-electron chi connectivity index (χ4n) is 3.30. The average molecular weight is 367 g/mol. The van der Waals surface area contributed by atoms with Gasteiger partial charge in [-0.05, 0) is 36.3 Å². The Balaban J connectivity index is 1.89. The van der Waals surface area contributed by atoms with E-state index >= 15 is 0 Å². The molecule has 1 aliphatic rings. The number of hydrogen-bond donors (Lipinski definition) is 3. The minimum absolute atomic E-state index is 0.0224. The van der Waals surface area contributed by atoms with E-state index in [0.717, 1.165) is 22.9 Å². The minimum atomic E-state index is -3.84. The van der Waals surface area contributed by atoms with Crippen molar-refractivity contribution in [3.63, 3.8) is 0 Å². The molecule has 2 heterocycles. The van der Waals surface area contributed by atoms with Crippen LogP contribution in [0.1, 0.15) is 23.6 Å². The first-order valence-electron chi connectivity index (χ1n) is 8.17. The van der Waals surface area contributed by atoms with Crippen molar-refractivity contribution < 1.29 is 13.2 Å². The summed E-state index contributed by atoms with van der Waals surface area (Å²) in [6.07, 6.45) is 4.52. The summed E-state index contributed by atoms with van der Waals surface area (Å²) in [5, 5.41) is 8.99. The zero-order valence-electron chi connectivity index (χ0n) is 14.0. The summed E-state index contributed by atoms with van der Waals surface area (Å²) in [5.74, 6) is -0.271. The van der Waals surface area contributed by atoms with E-state index in [1.807, 2.05) is 18.3 Å². The highest BCUT2D eigenvalue weighted by Crippen LogP contribution is 2.35. The smallest absolute Gasteiger partial charge is 0.256 e. The summed E-state index contributed by atoms with van der Waals surface area (Å²) in [6, 6.07) is 10.4. The van der Waals surface area contributed by atoms with Gasteiger partial charge in [-0.3, -0.25) is 4.79 Å². The van der Waals surface area contributed by atoms with Gasteiger partial charge in [-0.2, -0.15) is 0 Å². The SMILES string of the molecule is CCc1cccc2c(/C=C3\C(=O)Nc4ccc(S(N)(=O)=O)cc43)c[nH]c12. The lowest BCUT2D eigenvalue weighted by Crippen LogP contribution is -2.12. The van der Waals surface area contributed by atoms with E-state index in [4.69, 9.17) is 5.14 Å². The second-order valence-corrected chi connectivity index (χ2v) is 7.76. The zero-order chi connectivity index (χ0) is 18.5. The predicted molar refractivity (Wildman–Crippen MR) is 102 cm³/mol. The molecule has 7 heteroatoms. The van der Waals surface area contributed by atoms with E-state index in [9.17, 15) is 13.2 Å². The van der Waals surface area contributed by atoms with Crippen LogP contribution in [0.25, 0.3) is 22.6 Å². The normalized spacial score (nSPS) is 15.5. The molecule has 0 bridgehead atoms. The maximum Gasteiger partial charge on any atom is 0.256 e. The summed E-state index contributed by atoms with van der Waals surface area (Å²) >= 11 is 0. The van der Waals surface area contributed by atoms with Crippen LogP contribution in [0.15, 0.2) is 47.5 Å². The predicted octanol–water partition coefficient (Wildman–Crippen LogP) is 2.87. The number of anilines is 1. The molecule has 0 saturated carbocycles. The molecule has 1 aliphatic heterocycles. The highest BCUT2D eigenvalue weighted by molar-refractivity contribution is 7.89. The van der Waals surface area contributed by atoms with Crippen LogP contribution in [-0.4, -0.2) is 19.3 Å². The van der Waals surface area contributed by atoms with Gasteiger partial charge >= 0.3 is 0 Å². The first-order chi connectivity index (χ1) is 12.4. The number of sulfonamides is 1. The summed E-state index contributed by atoms with van der Waals surface area (Å²) < 4.78 is 23.3. The van der Waals surface area contributed by atoms with Crippen molar-refractivity contribution in [3.8, 4) is 0 Å². The number of nitrogens with two attached hydrogens (primary N) is 1.